The smallest absolute Gasteiger partial charge is 0.258 e. The molecule has 2 aromatic rings. The fraction of sp³-hybridized carbons (Fsp3) is 0.0909. The molecule has 1 aromatic carbocycles. The molecule has 0 spiro atoms. The third-order valence-corrected chi connectivity index (χ3v) is 2.32. The van der Waals surface area contributed by atoms with E-state index in [0.717, 1.165) is 0 Å². The van der Waals surface area contributed by atoms with Crippen molar-refractivity contribution in [3.63, 3.8) is 0 Å². The summed E-state index contributed by atoms with van der Waals surface area (Å²) in [4.78, 5) is 14.3. The Labute approximate surface area is 91.1 Å². The molecule has 0 saturated heterocycles. The standard InChI is InChI=1S/C11H7N3O2/c12-6-5-9-8-3-1-2-4-10(8)13-7-11(9)14(15)16/h1-4,7H,5H2. The first kappa shape index (κ1) is 10.1. The van der Waals surface area contributed by atoms with Crippen LogP contribution in [0.2, 0.25) is 0 Å². The van der Waals surface area contributed by atoms with Crippen molar-refractivity contribution < 1.29 is 4.92 Å². The van der Waals surface area contributed by atoms with E-state index in [1.807, 2.05) is 6.07 Å². The van der Waals surface area contributed by atoms with Gasteiger partial charge in [-0.3, -0.25) is 10.1 Å². The highest BCUT2D eigenvalue weighted by Crippen LogP contribution is 2.25. The first-order chi connectivity index (χ1) is 7.74. The van der Waals surface area contributed by atoms with Crippen LogP contribution in [-0.2, 0) is 6.42 Å². The van der Waals surface area contributed by atoms with Gasteiger partial charge in [0, 0.05) is 5.39 Å². The second-order valence-corrected chi connectivity index (χ2v) is 3.23. The summed E-state index contributed by atoms with van der Waals surface area (Å²) < 4.78 is 0. The normalized spacial score (nSPS) is 9.94. The van der Waals surface area contributed by atoms with E-state index in [4.69, 9.17) is 5.26 Å². The van der Waals surface area contributed by atoms with E-state index in [2.05, 4.69) is 4.98 Å². The van der Waals surface area contributed by atoms with Crippen molar-refractivity contribution in [2.75, 3.05) is 0 Å². The van der Waals surface area contributed by atoms with Crippen LogP contribution in [0, 0.1) is 21.4 Å². The van der Waals surface area contributed by atoms with Gasteiger partial charge >= 0.3 is 0 Å². The van der Waals surface area contributed by atoms with Crippen LogP contribution in [0.25, 0.3) is 10.9 Å². The van der Waals surface area contributed by atoms with Crippen LogP contribution in [0.3, 0.4) is 0 Å². The Morgan fingerprint density at radius 2 is 2.19 bits per heavy atom. The molecule has 0 saturated carbocycles. The van der Waals surface area contributed by atoms with Crippen molar-refractivity contribution in [2.24, 2.45) is 0 Å². The molecule has 0 N–H and O–H groups in total. The van der Waals surface area contributed by atoms with Gasteiger partial charge in [-0.15, -0.1) is 0 Å². The van der Waals surface area contributed by atoms with Crippen molar-refractivity contribution in [3.05, 3.63) is 46.1 Å². The summed E-state index contributed by atoms with van der Waals surface area (Å²) in [5.41, 5.74) is 0.997. The fourth-order valence-electron chi connectivity index (χ4n) is 1.61. The van der Waals surface area contributed by atoms with Crippen LogP contribution >= 0.6 is 0 Å². The van der Waals surface area contributed by atoms with E-state index >= 15 is 0 Å². The Morgan fingerprint density at radius 1 is 1.44 bits per heavy atom. The molecule has 2 rings (SSSR count). The van der Waals surface area contributed by atoms with Crippen molar-refractivity contribution >= 4 is 16.6 Å². The van der Waals surface area contributed by atoms with Gasteiger partial charge in [0.05, 0.1) is 28.5 Å². The molecule has 78 valence electrons. The lowest BCUT2D eigenvalue weighted by molar-refractivity contribution is -0.385. The van der Waals surface area contributed by atoms with Crippen LogP contribution in [0.4, 0.5) is 5.69 Å². The van der Waals surface area contributed by atoms with Crippen molar-refractivity contribution in [3.8, 4) is 6.07 Å². The summed E-state index contributed by atoms with van der Waals surface area (Å²) in [5, 5.41) is 20.2. The molecule has 5 heteroatoms. The Hall–Kier alpha value is -2.48. The van der Waals surface area contributed by atoms with Crippen LogP contribution in [-0.4, -0.2) is 9.91 Å². The number of hydrogen-bond acceptors (Lipinski definition) is 4. The van der Waals surface area contributed by atoms with Crippen molar-refractivity contribution in [2.45, 2.75) is 6.42 Å². The molecule has 0 bridgehead atoms. The van der Waals surface area contributed by atoms with Gasteiger partial charge in [0.2, 0.25) is 0 Å². The summed E-state index contributed by atoms with van der Waals surface area (Å²) >= 11 is 0. The molecule has 1 heterocycles. The molecular formula is C11H7N3O2. The zero-order chi connectivity index (χ0) is 11.5. The zero-order valence-corrected chi connectivity index (χ0v) is 8.25. The van der Waals surface area contributed by atoms with Crippen LogP contribution < -0.4 is 0 Å². The summed E-state index contributed by atoms with van der Waals surface area (Å²) in [7, 11) is 0. The predicted molar refractivity (Wildman–Crippen MR) is 57.7 cm³/mol. The lowest BCUT2D eigenvalue weighted by Gasteiger charge is -2.02. The molecule has 0 aliphatic heterocycles. The van der Waals surface area contributed by atoms with Gasteiger partial charge in [0.25, 0.3) is 5.69 Å². The number of hydrogen-bond donors (Lipinski definition) is 0. The summed E-state index contributed by atoms with van der Waals surface area (Å²) in [5.74, 6) is 0. The van der Waals surface area contributed by atoms with Crippen LogP contribution in [0.5, 0.6) is 0 Å². The topological polar surface area (TPSA) is 79.8 Å². The number of aromatic nitrogens is 1. The quantitative estimate of drug-likeness (QED) is 0.565. The largest absolute Gasteiger partial charge is 0.292 e. The minimum Gasteiger partial charge on any atom is -0.258 e. The highest BCUT2D eigenvalue weighted by molar-refractivity contribution is 5.85. The van der Waals surface area contributed by atoms with E-state index in [-0.39, 0.29) is 12.1 Å². The Balaban J connectivity index is 2.79. The zero-order valence-electron chi connectivity index (χ0n) is 8.25. The highest BCUT2D eigenvalue weighted by Gasteiger charge is 2.16. The maximum atomic E-state index is 10.8. The minimum absolute atomic E-state index is 0.0132. The molecule has 0 aliphatic carbocycles. The number of nitriles is 1. The Bertz CT molecular complexity index is 602. The number of benzene rings is 1. The SMILES string of the molecule is N#CCc1c([N+](=O)[O-])cnc2ccccc12. The molecular weight excluding hydrogens is 206 g/mol. The third kappa shape index (κ3) is 1.57. The van der Waals surface area contributed by atoms with E-state index in [9.17, 15) is 10.1 Å². The number of para-hydroxylation sites is 1. The molecule has 0 amide bonds. The number of pyridine rings is 1. The van der Waals surface area contributed by atoms with Gasteiger partial charge < -0.3 is 0 Å². The first-order valence-electron chi connectivity index (χ1n) is 4.62. The van der Waals surface area contributed by atoms with E-state index in [1.54, 1.807) is 24.3 Å². The van der Waals surface area contributed by atoms with Gasteiger partial charge in [0.15, 0.2) is 0 Å². The predicted octanol–water partition coefficient (Wildman–Crippen LogP) is 2.21. The van der Waals surface area contributed by atoms with Gasteiger partial charge in [0.1, 0.15) is 6.20 Å². The lowest BCUT2D eigenvalue weighted by atomic mass is 10.1. The summed E-state index contributed by atoms with van der Waals surface area (Å²) in [6, 6.07) is 9.02. The van der Waals surface area contributed by atoms with E-state index in [0.29, 0.717) is 16.5 Å². The third-order valence-electron chi connectivity index (χ3n) is 2.32. The van der Waals surface area contributed by atoms with Gasteiger partial charge in [-0.25, -0.2) is 4.98 Å². The Kier molecular flexibility index (Phi) is 2.48. The van der Waals surface area contributed by atoms with Gasteiger partial charge in [-0.05, 0) is 6.07 Å². The van der Waals surface area contributed by atoms with E-state index in [1.165, 1.54) is 6.20 Å². The number of nitro groups is 1. The van der Waals surface area contributed by atoms with Crippen molar-refractivity contribution in [1.82, 2.24) is 4.98 Å². The molecule has 0 atom stereocenters. The molecule has 0 radical (unpaired) electrons. The molecule has 0 aliphatic rings. The van der Waals surface area contributed by atoms with Crippen LogP contribution in [0.15, 0.2) is 30.5 Å². The average molecular weight is 213 g/mol. The Morgan fingerprint density at radius 3 is 2.88 bits per heavy atom. The second-order valence-electron chi connectivity index (χ2n) is 3.23. The van der Waals surface area contributed by atoms with Gasteiger partial charge in [-0.1, -0.05) is 18.2 Å². The molecule has 0 fully saturated rings. The van der Waals surface area contributed by atoms with Crippen LogP contribution in [0.1, 0.15) is 5.56 Å². The number of fused-ring (bicyclic) bond motifs is 1. The van der Waals surface area contributed by atoms with Gasteiger partial charge in [-0.2, -0.15) is 5.26 Å². The maximum absolute atomic E-state index is 10.8. The van der Waals surface area contributed by atoms with E-state index < -0.39 is 4.92 Å². The number of rotatable bonds is 2. The monoisotopic (exact) mass is 213 g/mol. The minimum atomic E-state index is -0.508. The molecule has 16 heavy (non-hydrogen) atoms. The first-order valence-corrected chi connectivity index (χ1v) is 4.62. The molecule has 1 aromatic heterocycles. The lowest BCUT2D eigenvalue weighted by Crippen LogP contribution is -1.97. The molecule has 5 nitrogen and oxygen atoms in total. The van der Waals surface area contributed by atoms with Crippen molar-refractivity contribution in [1.29, 1.82) is 5.26 Å². The fourth-order valence-corrected chi connectivity index (χ4v) is 1.61. The summed E-state index contributed by atoms with van der Waals surface area (Å²) in [6.07, 6.45) is 1.22. The molecule has 0 unspecified atom stereocenters. The maximum Gasteiger partial charge on any atom is 0.292 e. The summed E-state index contributed by atoms with van der Waals surface area (Å²) in [6.45, 7) is 0. The number of nitrogens with zero attached hydrogens (tertiary/aromatic N) is 3. The second kappa shape index (κ2) is 3.95. The highest BCUT2D eigenvalue weighted by atomic mass is 16.6. The average Bonchev–Trinajstić information content (AvgIpc) is 2.29.